The van der Waals surface area contributed by atoms with Gasteiger partial charge in [-0.25, -0.2) is 8.42 Å². The standard InChI is InChI=1S/C17H28ClN3O2S/c1-13(10-11-24(5,22)23)21-16(19-4)20-12-17(2,3)14-8-6-7-9-15(14)18/h6-9,13H,10-12H2,1-5H3,(H2,19,20,21). The summed E-state index contributed by atoms with van der Waals surface area (Å²) in [4.78, 5) is 4.20. The van der Waals surface area contributed by atoms with Gasteiger partial charge in [-0.1, -0.05) is 43.6 Å². The molecule has 0 saturated heterocycles. The molecule has 7 heteroatoms. The van der Waals surface area contributed by atoms with Crippen LogP contribution in [0, 0.1) is 0 Å². The summed E-state index contributed by atoms with van der Waals surface area (Å²) in [5, 5.41) is 7.26. The molecule has 5 nitrogen and oxygen atoms in total. The summed E-state index contributed by atoms with van der Waals surface area (Å²) in [7, 11) is -1.26. The van der Waals surface area contributed by atoms with Crippen LogP contribution in [0.5, 0.6) is 0 Å². The minimum Gasteiger partial charge on any atom is -0.356 e. The highest BCUT2D eigenvalue weighted by molar-refractivity contribution is 7.90. The van der Waals surface area contributed by atoms with E-state index >= 15 is 0 Å². The molecule has 0 amide bonds. The number of rotatable bonds is 7. The van der Waals surface area contributed by atoms with Crippen molar-refractivity contribution < 1.29 is 8.42 Å². The molecular weight excluding hydrogens is 346 g/mol. The van der Waals surface area contributed by atoms with Crippen molar-refractivity contribution in [3.63, 3.8) is 0 Å². The van der Waals surface area contributed by atoms with Crippen LogP contribution in [0.25, 0.3) is 0 Å². The van der Waals surface area contributed by atoms with Crippen LogP contribution < -0.4 is 10.6 Å². The van der Waals surface area contributed by atoms with E-state index in [0.717, 1.165) is 10.6 Å². The zero-order valence-corrected chi connectivity index (χ0v) is 16.6. The second-order valence-corrected chi connectivity index (χ2v) is 9.42. The molecular formula is C17H28ClN3O2S. The summed E-state index contributed by atoms with van der Waals surface area (Å²) < 4.78 is 22.5. The third-order valence-corrected chi connectivity index (χ3v) is 5.14. The minimum absolute atomic E-state index is 0.00866. The summed E-state index contributed by atoms with van der Waals surface area (Å²) in [6.07, 6.45) is 1.78. The molecule has 0 radical (unpaired) electrons. The molecule has 0 heterocycles. The topological polar surface area (TPSA) is 70.6 Å². The highest BCUT2D eigenvalue weighted by atomic mass is 35.5. The Bertz CT molecular complexity index is 672. The highest BCUT2D eigenvalue weighted by Crippen LogP contribution is 2.28. The maximum atomic E-state index is 11.3. The Morgan fingerprint density at radius 1 is 1.33 bits per heavy atom. The smallest absolute Gasteiger partial charge is 0.191 e. The Morgan fingerprint density at radius 3 is 2.50 bits per heavy atom. The lowest BCUT2D eigenvalue weighted by Crippen LogP contribution is -2.46. The molecule has 0 fully saturated rings. The van der Waals surface area contributed by atoms with Crippen LogP contribution in [0.15, 0.2) is 29.3 Å². The Balaban J connectivity index is 2.62. The molecule has 0 aliphatic rings. The van der Waals surface area contributed by atoms with Crippen LogP contribution in [0.1, 0.15) is 32.8 Å². The first-order valence-electron chi connectivity index (χ1n) is 7.95. The third-order valence-electron chi connectivity index (χ3n) is 3.83. The van der Waals surface area contributed by atoms with Crippen molar-refractivity contribution in [1.82, 2.24) is 10.6 Å². The van der Waals surface area contributed by atoms with Gasteiger partial charge in [-0.2, -0.15) is 0 Å². The van der Waals surface area contributed by atoms with Crippen molar-refractivity contribution in [2.75, 3.05) is 25.6 Å². The maximum absolute atomic E-state index is 11.3. The van der Waals surface area contributed by atoms with Crippen molar-refractivity contribution in [1.29, 1.82) is 0 Å². The van der Waals surface area contributed by atoms with E-state index in [1.807, 2.05) is 31.2 Å². The van der Waals surface area contributed by atoms with Gasteiger partial charge in [-0.15, -0.1) is 0 Å². The molecule has 1 aromatic rings. The highest BCUT2D eigenvalue weighted by Gasteiger charge is 2.23. The zero-order valence-electron chi connectivity index (χ0n) is 15.1. The number of guanidine groups is 1. The lowest BCUT2D eigenvalue weighted by atomic mass is 9.84. The normalized spacial score (nSPS) is 14.3. The van der Waals surface area contributed by atoms with Crippen LogP contribution in [-0.4, -0.2) is 46.0 Å². The molecule has 1 atom stereocenters. The second kappa shape index (κ2) is 8.72. The van der Waals surface area contributed by atoms with E-state index in [0.29, 0.717) is 18.9 Å². The molecule has 0 saturated carbocycles. The van der Waals surface area contributed by atoms with Gasteiger partial charge in [0.1, 0.15) is 9.84 Å². The summed E-state index contributed by atoms with van der Waals surface area (Å²) in [6, 6.07) is 7.81. The van der Waals surface area contributed by atoms with Crippen LogP contribution >= 0.6 is 11.6 Å². The van der Waals surface area contributed by atoms with Crippen LogP contribution in [-0.2, 0) is 15.3 Å². The number of sulfone groups is 1. The summed E-state index contributed by atoms with van der Waals surface area (Å²) in [5.41, 5.74) is 0.895. The second-order valence-electron chi connectivity index (χ2n) is 6.75. The van der Waals surface area contributed by atoms with E-state index in [-0.39, 0.29) is 17.2 Å². The number of hydrogen-bond donors (Lipinski definition) is 2. The van der Waals surface area contributed by atoms with E-state index in [2.05, 4.69) is 29.5 Å². The molecule has 0 aliphatic carbocycles. The number of hydrogen-bond acceptors (Lipinski definition) is 3. The molecule has 0 spiro atoms. The van der Waals surface area contributed by atoms with Gasteiger partial charge >= 0.3 is 0 Å². The molecule has 0 aliphatic heterocycles. The van der Waals surface area contributed by atoms with Gasteiger partial charge in [0, 0.05) is 36.3 Å². The summed E-state index contributed by atoms with van der Waals surface area (Å²) in [5.74, 6) is 0.805. The van der Waals surface area contributed by atoms with Crippen molar-refractivity contribution in [2.45, 2.75) is 38.6 Å². The number of halogens is 1. The predicted molar refractivity (Wildman–Crippen MR) is 103 cm³/mol. The molecule has 1 rings (SSSR count). The molecule has 2 N–H and O–H groups in total. The average Bonchev–Trinajstić information content (AvgIpc) is 2.49. The fourth-order valence-corrected chi connectivity index (χ4v) is 3.47. The van der Waals surface area contributed by atoms with Gasteiger partial charge in [0.25, 0.3) is 0 Å². The number of aliphatic imine (C=N–C) groups is 1. The number of benzene rings is 1. The van der Waals surface area contributed by atoms with Crippen molar-refractivity contribution in [3.05, 3.63) is 34.9 Å². The van der Waals surface area contributed by atoms with Crippen LogP contribution in [0.4, 0.5) is 0 Å². The molecule has 0 aromatic heterocycles. The monoisotopic (exact) mass is 373 g/mol. The summed E-state index contributed by atoms with van der Waals surface area (Å²) in [6.45, 7) is 6.82. The van der Waals surface area contributed by atoms with Crippen molar-refractivity contribution in [3.8, 4) is 0 Å². The Morgan fingerprint density at radius 2 is 1.96 bits per heavy atom. The van der Waals surface area contributed by atoms with E-state index in [1.54, 1.807) is 7.05 Å². The summed E-state index contributed by atoms with van der Waals surface area (Å²) >= 11 is 6.30. The van der Waals surface area contributed by atoms with E-state index in [9.17, 15) is 8.42 Å². The van der Waals surface area contributed by atoms with Gasteiger partial charge in [-0.3, -0.25) is 4.99 Å². The van der Waals surface area contributed by atoms with Gasteiger partial charge in [0.05, 0.1) is 5.75 Å². The first-order valence-corrected chi connectivity index (χ1v) is 10.4. The Kier molecular flexibility index (Phi) is 7.55. The van der Waals surface area contributed by atoms with E-state index < -0.39 is 9.84 Å². The Labute approximate surface area is 150 Å². The van der Waals surface area contributed by atoms with Gasteiger partial charge in [0.2, 0.25) is 0 Å². The maximum Gasteiger partial charge on any atom is 0.191 e. The quantitative estimate of drug-likeness (QED) is 0.569. The Hall–Kier alpha value is -1.27. The van der Waals surface area contributed by atoms with E-state index in [1.165, 1.54) is 6.26 Å². The van der Waals surface area contributed by atoms with Crippen LogP contribution in [0.3, 0.4) is 0 Å². The van der Waals surface area contributed by atoms with Crippen LogP contribution in [0.2, 0.25) is 5.02 Å². The molecule has 1 aromatic carbocycles. The largest absolute Gasteiger partial charge is 0.356 e. The van der Waals surface area contributed by atoms with Crippen molar-refractivity contribution >= 4 is 27.4 Å². The van der Waals surface area contributed by atoms with Gasteiger partial charge in [-0.05, 0) is 25.0 Å². The average molecular weight is 374 g/mol. The number of nitrogens with zero attached hydrogens (tertiary/aromatic N) is 1. The lowest BCUT2D eigenvalue weighted by molar-refractivity contribution is 0.504. The molecule has 136 valence electrons. The fraction of sp³-hybridized carbons (Fsp3) is 0.588. The molecule has 24 heavy (non-hydrogen) atoms. The van der Waals surface area contributed by atoms with Gasteiger partial charge < -0.3 is 10.6 Å². The SMILES string of the molecule is CN=C(NCC(C)(C)c1ccccc1Cl)NC(C)CCS(C)(=O)=O. The lowest BCUT2D eigenvalue weighted by Gasteiger charge is -2.28. The fourth-order valence-electron chi connectivity index (χ4n) is 2.30. The molecule has 1 unspecified atom stereocenters. The first kappa shape index (κ1) is 20.8. The van der Waals surface area contributed by atoms with E-state index in [4.69, 9.17) is 11.6 Å². The molecule has 0 bridgehead atoms. The van der Waals surface area contributed by atoms with Gasteiger partial charge in [0.15, 0.2) is 5.96 Å². The third kappa shape index (κ3) is 7.09. The number of nitrogens with one attached hydrogen (secondary N) is 2. The van der Waals surface area contributed by atoms with Crippen molar-refractivity contribution in [2.24, 2.45) is 4.99 Å². The minimum atomic E-state index is -2.95. The zero-order chi connectivity index (χ0) is 18.4. The first-order chi connectivity index (χ1) is 11.0. The predicted octanol–water partition coefficient (Wildman–Crippen LogP) is 2.61.